The molecular weight excluding hydrogens is 200 g/mol. The van der Waals surface area contributed by atoms with Gasteiger partial charge in [0.15, 0.2) is 0 Å². The van der Waals surface area contributed by atoms with E-state index in [1.54, 1.807) is 0 Å². The van der Waals surface area contributed by atoms with Gasteiger partial charge >= 0.3 is 0 Å². The van der Waals surface area contributed by atoms with E-state index in [0.717, 1.165) is 18.5 Å². The highest BCUT2D eigenvalue weighted by molar-refractivity contribution is 5.77. The molecule has 1 aromatic carbocycles. The van der Waals surface area contributed by atoms with Crippen LogP contribution in [0.15, 0.2) is 24.3 Å². The third-order valence-corrected chi connectivity index (χ3v) is 3.11. The monoisotopic (exact) mass is 218 g/mol. The predicted molar refractivity (Wildman–Crippen MR) is 63.9 cm³/mol. The fraction of sp³-hybridized carbons (Fsp3) is 0.462. The quantitative estimate of drug-likeness (QED) is 0.808. The molecule has 1 aliphatic rings. The van der Waals surface area contributed by atoms with Gasteiger partial charge in [-0.05, 0) is 30.5 Å². The molecule has 86 valence electrons. The Bertz CT molecular complexity index is 370. The van der Waals surface area contributed by atoms with Crippen LogP contribution in [0.5, 0.6) is 0 Å². The van der Waals surface area contributed by atoms with Crippen molar-refractivity contribution in [3.63, 3.8) is 0 Å². The van der Waals surface area contributed by atoms with Gasteiger partial charge < -0.3 is 11.1 Å². The third kappa shape index (κ3) is 2.61. The van der Waals surface area contributed by atoms with Crippen LogP contribution >= 0.6 is 0 Å². The van der Waals surface area contributed by atoms with E-state index in [2.05, 4.69) is 11.4 Å². The molecule has 2 rings (SSSR count). The molecule has 1 atom stereocenters. The van der Waals surface area contributed by atoms with Crippen LogP contribution in [0.25, 0.3) is 0 Å². The molecule has 1 fully saturated rings. The zero-order chi connectivity index (χ0) is 11.4. The molecule has 1 unspecified atom stereocenters. The average molecular weight is 218 g/mol. The SMILES string of the molecule is NC(=O)Cc1ccccc1C1CCCCN1. The molecule has 0 aliphatic carbocycles. The molecule has 3 N–H and O–H groups in total. The van der Waals surface area contributed by atoms with E-state index in [1.165, 1.54) is 18.4 Å². The Kier molecular flexibility index (Phi) is 3.57. The molecule has 1 saturated heterocycles. The summed E-state index contributed by atoms with van der Waals surface area (Å²) in [5.74, 6) is -0.261. The summed E-state index contributed by atoms with van der Waals surface area (Å²) in [6.07, 6.45) is 3.99. The Morgan fingerprint density at radius 2 is 2.19 bits per heavy atom. The highest BCUT2D eigenvalue weighted by Crippen LogP contribution is 2.25. The summed E-state index contributed by atoms with van der Waals surface area (Å²) in [6.45, 7) is 1.07. The first kappa shape index (κ1) is 11.1. The Hall–Kier alpha value is -1.35. The van der Waals surface area contributed by atoms with Crippen molar-refractivity contribution in [1.29, 1.82) is 0 Å². The number of hydrogen-bond donors (Lipinski definition) is 2. The number of nitrogens with two attached hydrogens (primary N) is 1. The standard InChI is InChI=1S/C13H18N2O/c14-13(16)9-10-5-1-2-6-11(10)12-7-3-4-8-15-12/h1-2,5-6,12,15H,3-4,7-9H2,(H2,14,16). The van der Waals surface area contributed by atoms with Crippen LogP contribution in [0.4, 0.5) is 0 Å². The van der Waals surface area contributed by atoms with Gasteiger partial charge in [-0.15, -0.1) is 0 Å². The lowest BCUT2D eigenvalue weighted by Crippen LogP contribution is -2.28. The minimum absolute atomic E-state index is 0.261. The van der Waals surface area contributed by atoms with Gasteiger partial charge in [0.25, 0.3) is 0 Å². The Balaban J connectivity index is 2.20. The predicted octanol–water partition coefficient (Wildman–Crippen LogP) is 1.53. The first-order chi connectivity index (χ1) is 7.77. The smallest absolute Gasteiger partial charge is 0.221 e. The molecule has 16 heavy (non-hydrogen) atoms. The number of nitrogens with one attached hydrogen (secondary N) is 1. The van der Waals surface area contributed by atoms with Gasteiger partial charge in [-0.25, -0.2) is 0 Å². The van der Waals surface area contributed by atoms with Crippen LogP contribution in [-0.2, 0) is 11.2 Å². The van der Waals surface area contributed by atoms with Crippen LogP contribution < -0.4 is 11.1 Å². The second-order valence-corrected chi connectivity index (χ2v) is 4.34. The molecule has 0 aromatic heterocycles. The van der Waals surface area contributed by atoms with Gasteiger partial charge in [-0.2, -0.15) is 0 Å². The van der Waals surface area contributed by atoms with E-state index in [4.69, 9.17) is 5.73 Å². The zero-order valence-corrected chi connectivity index (χ0v) is 9.41. The van der Waals surface area contributed by atoms with E-state index in [1.807, 2.05) is 18.2 Å². The minimum Gasteiger partial charge on any atom is -0.369 e. The summed E-state index contributed by atoms with van der Waals surface area (Å²) in [7, 11) is 0. The maximum atomic E-state index is 11.0. The number of piperidine rings is 1. The maximum Gasteiger partial charge on any atom is 0.221 e. The van der Waals surface area contributed by atoms with Crippen LogP contribution in [0.3, 0.4) is 0 Å². The van der Waals surface area contributed by atoms with Gasteiger partial charge in [0.1, 0.15) is 0 Å². The fourth-order valence-electron chi connectivity index (χ4n) is 2.34. The summed E-state index contributed by atoms with van der Waals surface area (Å²) in [4.78, 5) is 11.0. The highest BCUT2D eigenvalue weighted by Gasteiger charge is 2.17. The zero-order valence-electron chi connectivity index (χ0n) is 9.41. The molecule has 1 aromatic rings. The minimum atomic E-state index is -0.261. The van der Waals surface area contributed by atoms with Crippen molar-refractivity contribution in [2.75, 3.05) is 6.54 Å². The lowest BCUT2D eigenvalue weighted by atomic mass is 9.92. The summed E-state index contributed by atoms with van der Waals surface area (Å²) < 4.78 is 0. The third-order valence-electron chi connectivity index (χ3n) is 3.11. The van der Waals surface area contributed by atoms with Crippen molar-refractivity contribution >= 4 is 5.91 Å². The van der Waals surface area contributed by atoms with Crippen molar-refractivity contribution in [2.45, 2.75) is 31.7 Å². The Labute approximate surface area is 96.0 Å². The number of benzene rings is 1. The van der Waals surface area contributed by atoms with E-state index < -0.39 is 0 Å². The van der Waals surface area contributed by atoms with Crippen LogP contribution in [0, 0.1) is 0 Å². The molecule has 3 heteroatoms. The molecule has 1 amide bonds. The van der Waals surface area contributed by atoms with Gasteiger partial charge in [-0.1, -0.05) is 30.7 Å². The molecule has 0 radical (unpaired) electrons. The second-order valence-electron chi connectivity index (χ2n) is 4.34. The highest BCUT2D eigenvalue weighted by atomic mass is 16.1. The summed E-state index contributed by atoms with van der Waals surface area (Å²) in [5, 5.41) is 3.50. The molecule has 1 aliphatic heterocycles. The molecule has 0 spiro atoms. The molecular formula is C13H18N2O. The van der Waals surface area contributed by atoms with E-state index in [0.29, 0.717) is 12.5 Å². The van der Waals surface area contributed by atoms with E-state index in [-0.39, 0.29) is 5.91 Å². The molecule has 0 bridgehead atoms. The average Bonchev–Trinajstić information content (AvgIpc) is 2.30. The lowest BCUT2D eigenvalue weighted by Gasteiger charge is -2.25. The molecule has 3 nitrogen and oxygen atoms in total. The van der Waals surface area contributed by atoms with Crippen molar-refractivity contribution in [2.24, 2.45) is 5.73 Å². The van der Waals surface area contributed by atoms with Crippen molar-refractivity contribution < 1.29 is 4.79 Å². The van der Waals surface area contributed by atoms with E-state index in [9.17, 15) is 4.79 Å². The number of amides is 1. The topological polar surface area (TPSA) is 55.1 Å². The second kappa shape index (κ2) is 5.12. The lowest BCUT2D eigenvalue weighted by molar-refractivity contribution is -0.117. The van der Waals surface area contributed by atoms with Crippen LogP contribution in [0.1, 0.15) is 36.4 Å². The number of carbonyl (C=O) groups excluding carboxylic acids is 1. The fourth-order valence-corrected chi connectivity index (χ4v) is 2.34. The first-order valence-corrected chi connectivity index (χ1v) is 5.87. The number of rotatable bonds is 3. The van der Waals surface area contributed by atoms with Gasteiger partial charge in [0.05, 0.1) is 6.42 Å². The van der Waals surface area contributed by atoms with Crippen LogP contribution in [-0.4, -0.2) is 12.5 Å². The van der Waals surface area contributed by atoms with E-state index >= 15 is 0 Å². The first-order valence-electron chi connectivity index (χ1n) is 5.87. The largest absolute Gasteiger partial charge is 0.369 e. The normalized spacial score (nSPS) is 20.6. The van der Waals surface area contributed by atoms with Gasteiger partial charge in [0.2, 0.25) is 5.91 Å². The summed E-state index contributed by atoms with van der Waals surface area (Å²) in [5.41, 5.74) is 7.56. The molecule has 1 heterocycles. The summed E-state index contributed by atoms with van der Waals surface area (Å²) in [6, 6.07) is 8.47. The maximum absolute atomic E-state index is 11.0. The number of hydrogen-bond acceptors (Lipinski definition) is 2. The van der Waals surface area contributed by atoms with Crippen molar-refractivity contribution in [3.8, 4) is 0 Å². The molecule has 0 saturated carbocycles. The Morgan fingerprint density at radius 3 is 2.88 bits per heavy atom. The van der Waals surface area contributed by atoms with Gasteiger partial charge in [0, 0.05) is 6.04 Å². The van der Waals surface area contributed by atoms with Crippen molar-refractivity contribution in [3.05, 3.63) is 35.4 Å². The Morgan fingerprint density at radius 1 is 1.38 bits per heavy atom. The van der Waals surface area contributed by atoms with Gasteiger partial charge in [-0.3, -0.25) is 4.79 Å². The number of primary amides is 1. The number of carbonyl (C=O) groups is 1. The summed E-state index contributed by atoms with van der Waals surface area (Å²) >= 11 is 0. The van der Waals surface area contributed by atoms with Crippen LogP contribution in [0.2, 0.25) is 0 Å². The van der Waals surface area contributed by atoms with Crippen molar-refractivity contribution in [1.82, 2.24) is 5.32 Å².